The van der Waals surface area contributed by atoms with Crippen LogP contribution in [0, 0.1) is 0 Å². The molecule has 0 radical (unpaired) electrons. The van der Waals surface area contributed by atoms with Gasteiger partial charge in [-0.1, -0.05) is 109 Å². The van der Waals surface area contributed by atoms with Crippen LogP contribution >= 0.6 is 22.7 Å². The highest BCUT2D eigenvalue weighted by Crippen LogP contribution is 2.43. The fourth-order valence-electron chi connectivity index (χ4n) is 9.38. The number of rotatable bonds is 6. The van der Waals surface area contributed by atoms with Crippen LogP contribution in [0.15, 0.2) is 207 Å². The minimum atomic E-state index is 0.948. The zero-order valence-electron chi connectivity index (χ0n) is 33.7. The van der Waals surface area contributed by atoms with Crippen molar-refractivity contribution in [2.75, 3.05) is 4.90 Å². The van der Waals surface area contributed by atoms with Crippen LogP contribution in [0.2, 0.25) is 0 Å². The van der Waals surface area contributed by atoms with E-state index < -0.39 is 0 Å². The van der Waals surface area contributed by atoms with Crippen LogP contribution < -0.4 is 4.90 Å². The van der Waals surface area contributed by atoms with Crippen molar-refractivity contribution in [2.24, 2.45) is 0 Å². The summed E-state index contributed by atoms with van der Waals surface area (Å²) in [5, 5.41) is 10.9. The van der Waals surface area contributed by atoms with Gasteiger partial charge in [-0.05, 0) is 122 Å². The van der Waals surface area contributed by atoms with Crippen molar-refractivity contribution in [2.45, 2.75) is 0 Å². The van der Waals surface area contributed by atoms with Gasteiger partial charge in [0.2, 0.25) is 0 Å². The van der Waals surface area contributed by atoms with Crippen molar-refractivity contribution in [3.05, 3.63) is 207 Å². The predicted octanol–water partition coefficient (Wildman–Crippen LogP) is 16.5. The summed E-state index contributed by atoms with van der Waals surface area (Å²) in [6.45, 7) is 0. The number of hydrogen-bond acceptors (Lipinski definition) is 6. The Morgan fingerprint density at radius 2 is 0.857 bits per heavy atom. The van der Waals surface area contributed by atoms with E-state index in [1.54, 1.807) is 11.3 Å². The van der Waals surface area contributed by atoms with Crippen molar-refractivity contribution >= 4 is 113 Å². The maximum absolute atomic E-state index is 4.94. The molecule has 5 heterocycles. The van der Waals surface area contributed by atoms with Gasteiger partial charge in [-0.15, -0.1) is 22.7 Å². The van der Waals surface area contributed by atoms with Gasteiger partial charge in [0.25, 0.3) is 0 Å². The van der Waals surface area contributed by atoms with E-state index in [1.807, 2.05) is 36.0 Å². The predicted molar refractivity (Wildman–Crippen MR) is 269 cm³/mol. The van der Waals surface area contributed by atoms with Gasteiger partial charge >= 0.3 is 0 Å². The highest BCUT2D eigenvalue weighted by molar-refractivity contribution is 7.26. The number of benzene rings is 8. The molecule has 0 saturated heterocycles. The van der Waals surface area contributed by atoms with E-state index in [0.29, 0.717) is 0 Å². The molecule has 294 valence electrons. The lowest BCUT2D eigenvalue weighted by Crippen LogP contribution is -2.10. The Balaban J connectivity index is 0.919. The summed E-state index contributed by atoms with van der Waals surface area (Å²) >= 11 is 3.58. The molecule has 8 aromatic carbocycles. The monoisotopic (exact) mass is 838 g/mol. The van der Waals surface area contributed by atoms with Crippen LogP contribution in [-0.4, -0.2) is 15.0 Å². The molecule has 0 spiro atoms. The van der Waals surface area contributed by atoms with Crippen LogP contribution in [0.3, 0.4) is 0 Å². The normalized spacial score (nSPS) is 11.8. The lowest BCUT2D eigenvalue weighted by molar-refractivity contribution is 1.28. The number of anilines is 3. The lowest BCUT2D eigenvalue weighted by atomic mass is 9.96. The summed E-state index contributed by atoms with van der Waals surface area (Å²) in [5.41, 5.74) is 10.7. The molecule has 13 aromatic rings. The molecule has 0 atom stereocenters. The molecule has 5 aromatic heterocycles. The van der Waals surface area contributed by atoms with Crippen molar-refractivity contribution in [3.63, 3.8) is 0 Å². The second-order valence-corrected chi connectivity index (χ2v) is 18.2. The van der Waals surface area contributed by atoms with Gasteiger partial charge in [0.1, 0.15) is 0 Å². The Hall–Kier alpha value is -7.77. The van der Waals surface area contributed by atoms with Gasteiger partial charge in [-0.3, -0.25) is 15.0 Å². The lowest BCUT2D eigenvalue weighted by Gasteiger charge is -2.26. The maximum Gasteiger partial charge on any atom is 0.0910 e. The SMILES string of the molecule is c1ccc2cc(-c3ccc4c(ccc5cc(N(c6ccc(-c7nccc8sc9ccccc9c78)cc6)c6ccc(-c7nccc8sc9cccnc9c78)cc6)ccc54)c3)ccc2c1. The molecule has 0 fully saturated rings. The molecule has 63 heavy (non-hydrogen) atoms. The molecule has 0 bridgehead atoms. The summed E-state index contributed by atoms with van der Waals surface area (Å²) in [6.07, 6.45) is 5.71. The van der Waals surface area contributed by atoms with Crippen LogP contribution in [0.4, 0.5) is 17.1 Å². The number of nitrogens with zero attached hydrogens (tertiary/aromatic N) is 4. The van der Waals surface area contributed by atoms with Gasteiger partial charge in [-0.2, -0.15) is 0 Å². The van der Waals surface area contributed by atoms with Gasteiger partial charge in [-0.25, -0.2) is 0 Å². The smallest absolute Gasteiger partial charge is 0.0910 e. The molecule has 0 aliphatic carbocycles. The van der Waals surface area contributed by atoms with Crippen molar-refractivity contribution in [1.29, 1.82) is 0 Å². The van der Waals surface area contributed by atoms with E-state index >= 15 is 0 Å². The molecular formula is C57H34N4S2. The summed E-state index contributed by atoms with van der Waals surface area (Å²) in [4.78, 5) is 17.0. The van der Waals surface area contributed by atoms with Crippen molar-refractivity contribution < 1.29 is 0 Å². The molecule has 0 amide bonds. The van der Waals surface area contributed by atoms with Gasteiger partial charge in [0.15, 0.2) is 0 Å². The van der Waals surface area contributed by atoms with E-state index in [0.717, 1.165) is 50.5 Å². The average Bonchev–Trinajstić information content (AvgIpc) is 3.93. The first-order valence-corrected chi connectivity index (χ1v) is 22.7. The second kappa shape index (κ2) is 14.4. The third kappa shape index (κ3) is 5.98. The maximum atomic E-state index is 4.94. The van der Waals surface area contributed by atoms with Crippen LogP contribution in [0.25, 0.3) is 106 Å². The molecule has 0 aliphatic heterocycles. The molecule has 4 nitrogen and oxygen atoms in total. The first-order valence-electron chi connectivity index (χ1n) is 21.1. The fourth-order valence-corrected chi connectivity index (χ4v) is 11.5. The van der Waals surface area contributed by atoms with Crippen molar-refractivity contribution in [3.8, 4) is 33.6 Å². The number of aromatic nitrogens is 3. The Morgan fingerprint density at radius 1 is 0.317 bits per heavy atom. The second-order valence-electron chi connectivity index (χ2n) is 16.0. The quantitative estimate of drug-likeness (QED) is 0.156. The molecule has 0 aliphatic rings. The first kappa shape index (κ1) is 35.9. The highest BCUT2D eigenvalue weighted by Gasteiger charge is 2.18. The third-order valence-electron chi connectivity index (χ3n) is 12.4. The minimum Gasteiger partial charge on any atom is -0.310 e. The van der Waals surface area contributed by atoms with Gasteiger partial charge < -0.3 is 4.90 Å². The Morgan fingerprint density at radius 3 is 1.62 bits per heavy atom. The van der Waals surface area contributed by atoms with E-state index in [4.69, 9.17) is 15.0 Å². The molecule has 0 unspecified atom stereocenters. The Kier molecular flexibility index (Phi) is 8.22. The standard InChI is InChI=1S/C57H34N4S2/c1-2-7-38-32-39(12-11-35(38)6-1)40-19-25-46-41(33-40)13-14-42-34-45(24-26-47(42)46)61(43-20-15-36(16-21-43)55-53-48-8-3-4-9-49(48)62-50(53)27-30-59-55)44-22-17-37(18-23-44)56-54-51(28-31-60-56)63-52-10-5-29-58-57(52)54/h1-34H. The van der Waals surface area contributed by atoms with Crippen molar-refractivity contribution in [1.82, 2.24) is 15.0 Å². The molecule has 13 rings (SSSR count). The number of thiophene rings is 2. The largest absolute Gasteiger partial charge is 0.310 e. The fraction of sp³-hybridized carbons (Fsp3) is 0. The van der Waals surface area contributed by atoms with E-state index in [9.17, 15) is 0 Å². The average molecular weight is 839 g/mol. The zero-order valence-corrected chi connectivity index (χ0v) is 35.4. The zero-order chi connectivity index (χ0) is 41.4. The van der Waals surface area contributed by atoms with E-state index in [1.165, 1.54) is 73.0 Å². The van der Waals surface area contributed by atoms with Gasteiger partial charge in [0, 0.05) is 77.0 Å². The van der Waals surface area contributed by atoms with Crippen LogP contribution in [0.5, 0.6) is 0 Å². The number of fused-ring (bicyclic) bond motifs is 10. The molecule has 0 N–H and O–H groups in total. The van der Waals surface area contributed by atoms with Crippen LogP contribution in [0.1, 0.15) is 0 Å². The molecular weight excluding hydrogens is 805 g/mol. The highest BCUT2D eigenvalue weighted by atomic mass is 32.1. The minimum absolute atomic E-state index is 0.948. The number of pyridine rings is 3. The molecule has 0 saturated carbocycles. The first-order chi connectivity index (χ1) is 31.2. The van der Waals surface area contributed by atoms with Crippen LogP contribution in [-0.2, 0) is 0 Å². The summed E-state index contributed by atoms with van der Waals surface area (Å²) in [6, 6.07) is 68.2. The topological polar surface area (TPSA) is 41.9 Å². The summed E-state index contributed by atoms with van der Waals surface area (Å²) < 4.78 is 4.88. The molecule has 6 heteroatoms. The Labute approximate surface area is 370 Å². The summed E-state index contributed by atoms with van der Waals surface area (Å²) in [7, 11) is 0. The third-order valence-corrected chi connectivity index (χ3v) is 14.6. The Bertz CT molecular complexity index is 3770. The summed E-state index contributed by atoms with van der Waals surface area (Å²) in [5.74, 6) is 0. The number of hydrogen-bond donors (Lipinski definition) is 0. The van der Waals surface area contributed by atoms with E-state index in [2.05, 4.69) is 187 Å². The van der Waals surface area contributed by atoms with Gasteiger partial charge in [0.05, 0.1) is 21.6 Å². The van der Waals surface area contributed by atoms with E-state index in [-0.39, 0.29) is 0 Å².